The van der Waals surface area contributed by atoms with Gasteiger partial charge in [0.15, 0.2) is 0 Å². The minimum absolute atomic E-state index is 0.249. The SMILES string of the molecule is CC1CN(Cc2cncc(C(=O)O)c2)CCN1c1ccccc1. The minimum atomic E-state index is -0.929. The van der Waals surface area contributed by atoms with E-state index in [-0.39, 0.29) is 5.56 Å². The second kappa shape index (κ2) is 6.79. The number of carbonyl (C=O) groups is 1. The van der Waals surface area contributed by atoms with Gasteiger partial charge >= 0.3 is 5.97 Å². The van der Waals surface area contributed by atoms with Gasteiger partial charge in [-0.2, -0.15) is 0 Å². The molecule has 0 bridgehead atoms. The molecule has 1 aliphatic heterocycles. The van der Waals surface area contributed by atoms with Gasteiger partial charge in [-0.3, -0.25) is 9.88 Å². The Bertz CT molecular complexity index is 675. The first-order chi connectivity index (χ1) is 11.1. The molecular formula is C18H21N3O2. The van der Waals surface area contributed by atoms with E-state index in [0.29, 0.717) is 6.04 Å². The Morgan fingerprint density at radius 3 is 2.74 bits per heavy atom. The number of aromatic carboxylic acids is 1. The summed E-state index contributed by atoms with van der Waals surface area (Å²) in [5, 5.41) is 9.06. The molecule has 0 aliphatic carbocycles. The zero-order chi connectivity index (χ0) is 16.2. The third-order valence-electron chi connectivity index (χ3n) is 4.25. The third kappa shape index (κ3) is 3.68. The molecule has 0 amide bonds. The molecule has 1 N–H and O–H groups in total. The van der Waals surface area contributed by atoms with Crippen molar-refractivity contribution in [3.05, 3.63) is 59.9 Å². The maximum absolute atomic E-state index is 11.0. The molecule has 1 saturated heterocycles. The number of benzene rings is 1. The minimum Gasteiger partial charge on any atom is -0.478 e. The van der Waals surface area contributed by atoms with Crippen molar-refractivity contribution in [2.24, 2.45) is 0 Å². The molecule has 5 nitrogen and oxygen atoms in total. The highest BCUT2D eigenvalue weighted by Crippen LogP contribution is 2.21. The molecule has 2 aromatic rings. The van der Waals surface area contributed by atoms with Gasteiger partial charge in [-0.25, -0.2) is 4.79 Å². The van der Waals surface area contributed by atoms with Crippen LogP contribution < -0.4 is 4.90 Å². The number of nitrogens with zero attached hydrogens (tertiary/aromatic N) is 3. The standard InChI is InChI=1S/C18H21N3O2/c1-14-12-20(7-8-21(14)17-5-3-2-4-6-17)13-15-9-16(18(22)23)11-19-10-15/h2-6,9-11,14H,7-8,12-13H2,1H3,(H,22,23). The van der Waals surface area contributed by atoms with E-state index in [1.807, 2.05) is 6.07 Å². The van der Waals surface area contributed by atoms with Gasteiger partial charge in [0.1, 0.15) is 0 Å². The summed E-state index contributed by atoms with van der Waals surface area (Å²) in [5.41, 5.74) is 2.46. The highest BCUT2D eigenvalue weighted by Gasteiger charge is 2.23. The Morgan fingerprint density at radius 1 is 1.26 bits per heavy atom. The lowest BCUT2D eigenvalue weighted by molar-refractivity contribution is 0.0696. The van der Waals surface area contributed by atoms with Crippen molar-refractivity contribution < 1.29 is 9.90 Å². The summed E-state index contributed by atoms with van der Waals surface area (Å²) in [5.74, 6) is -0.929. The van der Waals surface area contributed by atoms with Crippen LogP contribution in [-0.2, 0) is 6.54 Å². The first-order valence-corrected chi connectivity index (χ1v) is 7.85. The summed E-state index contributed by atoms with van der Waals surface area (Å²) in [6.07, 6.45) is 3.14. The maximum Gasteiger partial charge on any atom is 0.337 e. The largest absolute Gasteiger partial charge is 0.478 e. The summed E-state index contributed by atoms with van der Waals surface area (Å²) >= 11 is 0. The average molecular weight is 311 g/mol. The lowest BCUT2D eigenvalue weighted by atomic mass is 10.1. The van der Waals surface area contributed by atoms with Gasteiger partial charge in [0.25, 0.3) is 0 Å². The first kappa shape index (κ1) is 15.5. The van der Waals surface area contributed by atoms with Crippen LogP contribution >= 0.6 is 0 Å². The highest BCUT2D eigenvalue weighted by atomic mass is 16.4. The molecule has 0 spiro atoms. The maximum atomic E-state index is 11.0. The Kier molecular flexibility index (Phi) is 4.57. The molecule has 0 saturated carbocycles. The molecule has 5 heteroatoms. The average Bonchev–Trinajstić information content (AvgIpc) is 2.56. The van der Waals surface area contributed by atoms with Gasteiger partial charge in [-0.1, -0.05) is 18.2 Å². The number of para-hydroxylation sites is 1. The van der Waals surface area contributed by atoms with Gasteiger partial charge in [0, 0.05) is 50.3 Å². The molecule has 1 fully saturated rings. The summed E-state index contributed by atoms with van der Waals surface area (Å²) in [7, 11) is 0. The zero-order valence-corrected chi connectivity index (χ0v) is 13.2. The van der Waals surface area contributed by atoms with Crippen LogP contribution in [0.1, 0.15) is 22.8 Å². The van der Waals surface area contributed by atoms with Crippen molar-refractivity contribution in [1.82, 2.24) is 9.88 Å². The molecule has 2 heterocycles. The molecule has 1 atom stereocenters. The summed E-state index contributed by atoms with van der Waals surface area (Å²) in [6, 6.07) is 12.6. The van der Waals surface area contributed by atoms with Crippen LogP contribution in [0.4, 0.5) is 5.69 Å². The van der Waals surface area contributed by atoms with Gasteiger partial charge in [-0.15, -0.1) is 0 Å². The quantitative estimate of drug-likeness (QED) is 0.940. The second-order valence-electron chi connectivity index (χ2n) is 6.00. The molecule has 1 aliphatic rings. The number of anilines is 1. The van der Waals surface area contributed by atoms with Gasteiger partial charge in [-0.05, 0) is 30.7 Å². The zero-order valence-electron chi connectivity index (χ0n) is 13.2. The van der Waals surface area contributed by atoms with E-state index in [1.165, 1.54) is 11.9 Å². The number of hydrogen-bond donors (Lipinski definition) is 1. The van der Waals surface area contributed by atoms with Crippen LogP contribution in [0.25, 0.3) is 0 Å². The number of rotatable bonds is 4. The van der Waals surface area contributed by atoms with E-state index >= 15 is 0 Å². The van der Waals surface area contributed by atoms with Crippen molar-refractivity contribution in [2.75, 3.05) is 24.5 Å². The predicted molar refractivity (Wildman–Crippen MR) is 89.7 cm³/mol. The molecule has 0 radical (unpaired) electrons. The number of carboxylic acids is 1. The number of pyridine rings is 1. The summed E-state index contributed by atoms with van der Waals surface area (Å²) in [4.78, 5) is 19.8. The fraction of sp³-hybridized carbons (Fsp3) is 0.333. The predicted octanol–water partition coefficient (Wildman–Crippen LogP) is 2.49. The van der Waals surface area contributed by atoms with E-state index in [2.05, 4.69) is 46.0 Å². The summed E-state index contributed by atoms with van der Waals surface area (Å²) < 4.78 is 0. The highest BCUT2D eigenvalue weighted by molar-refractivity contribution is 5.87. The lowest BCUT2D eigenvalue weighted by Crippen LogP contribution is -2.51. The molecule has 3 rings (SSSR count). The normalized spacial score (nSPS) is 18.8. The van der Waals surface area contributed by atoms with Crippen molar-refractivity contribution >= 4 is 11.7 Å². The Labute approximate surface area is 136 Å². The van der Waals surface area contributed by atoms with Crippen LogP contribution in [0.5, 0.6) is 0 Å². The molecule has 120 valence electrons. The van der Waals surface area contributed by atoms with Gasteiger partial charge < -0.3 is 10.0 Å². The fourth-order valence-corrected chi connectivity index (χ4v) is 3.13. The van der Waals surface area contributed by atoms with Gasteiger partial charge in [0.2, 0.25) is 0 Å². The first-order valence-electron chi connectivity index (χ1n) is 7.85. The van der Waals surface area contributed by atoms with Crippen LogP contribution in [0.2, 0.25) is 0 Å². The number of carboxylic acid groups (broad SMARTS) is 1. The smallest absolute Gasteiger partial charge is 0.337 e. The fourth-order valence-electron chi connectivity index (χ4n) is 3.13. The topological polar surface area (TPSA) is 56.7 Å². The Morgan fingerprint density at radius 2 is 2.04 bits per heavy atom. The van der Waals surface area contributed by atoms with E-state index in [1.54, 1.807) is 12.3 Å². The van der Waals surface area contributed by atoms with Gasteiger partial charge in [0.05, 0.1) is 5.56 Å². The molecular weight excluding hydrogens is 290 g/mol. The van der Waals surface area contributed by atoms with E-state index < -0.39 is 5.97 Å². The Balaban J connectivity index is 1.64. The van der Waals surface area contributed by atoms with Crippen molar-refractivity contribution in [3.63, 3.8) is 0 Å². The molecule has 1 unspecified atom stereocenters. The van der Waals surface area contributed by atoms with E-state index in [9.17, 15) is 4.79 Å². The number of piperazine rings is 1. The third-order valence-corrected chi connectivity index (χ3v) is 4.25. The van der Waals surface area contributed by atoms with Crippen LogP contribution in [0, 0.1) is 0 Å². The second-order valence-corrected chi connectivity index (χ2v) is 6.00. The van der Waals surface area contributed by atoms with Crippen LogP contribution in [-0.4, -0.2) is 46.6 Å². The molecule has 1 aromatic heterocycles. The molecule has 1 aromatic carbocycles. The number of aromatic nitrogens is 1. The monoisotopic (exact) mass is 311 g/mol. The van der Waals surface area contributed by atoms with Crippen molar-refractivity contribution in [2.45, 2.75) is 19.5 Å². The van der Waals surface area contributed by atoms with Crippen molar-refractivity contribution in [3.8, 4) is 0 Å². The van der Waals surface area contributed by atoms with E-state index in [0.717, 1.165) is 31.7 Å². The van der Waals surface area contributed by atoms with Crippen molar-refractivity contribution in [1.29, 1.82) is 0 Å². The Hall–Kier alpha value is -2.40. The molecule has 23 heavy (non-hydrogen) atoms. The van der Waals surface area contributed by atoms with Crippen LogP contribution in [0.3, 0.4) is 0 Å². The summed E-state index contributed by atoms with van der Waals surface area (Å²) in [6.45, 7) is 5.84. The van der Waals surface area contributed by atoms with E-state index in [4.69, 9.17) is 5.11 Å². The number of hydrogen-bond acceptors (Lipinski definition) is 4. The lowest BCUT2D eigenvalue weighted by Gasteiger charge is -2.41. The van der Waals surface area contributed by atoms with Crippen LogP contribution in [0.15, 0.2) is 48.8 Å².